The quantitative estimate of drug-likeness (QED) is 0.570. The predicted octanol–water partition coefficient (Wildman–Crippen LogP) is 3.29. The van der Waals surface area contributed by atoms with Gasteiger partial charge in [-0.1, -0.05) is 13.3 Å². The van der Waals surface area contributed by atoms with Crippen LogP contribution >= 0.6 is 27.3 Å². The van der Waals surface area contributed by atoms with E-state index in [-0.39, 0.29) is 5.97 Å². The first-order valence-corrected chi connectivity index (χ1v) is 7.36. The van der Waals surface area contributed by atoms with Gasteiger partial charge in [-0.25, -0.2) is 0 Å². The summed E-state index contributed by atoms with van der Waals surface area (Å²) < 4.78 is 6.20. The van der Waals surface area contributed by atoms with E-state index >= 15 is 0 Å². The van der Waals surface area contributed by atoms with Gasteiger partial charge < -0.3 is 4.74 Å². The summed E-state index contributed by atoms with van der Waals surface area (Å²) in [6, 6.07) is 2.07. The molecule has 0 N–H and O–H groups in total. The largest absolute Gasteiger partial charge is 0.465 e. The number of likely N-dealkylation sites (N-methyl/N-ethyl adjacent to an activating group) is 1. The Bertz CT molecular complexity index is 354. The van der Waals surface area contributed by atoms with Crippen molar-refractivity contribution in [1.29, 1.82) is 0 Å². The number of carbonyl (C=O) groups excluding carboxylic acids is 1. The van der Waals surface area contributed by atoms with E-state index in [1.165, 1.54) is 4.88 Å². The second-order valence-corrected chi connectivity index (χ2v) is 5.89. The van der Waals surface area contributed by atoms with Gasteiger partial charge in [0.15, 0.2) is 0 Å². The monoisotopic (exact) mass is 319 g/mol. The van der Waals surface area contributed by atoms with Gasteiger partial charge in [-0.15, -0.1) is 11.3 Å². The van der Waals surface area contributed by atoms with Crippen LogP contribution in [-0.4, -0.2) is 31.1 Å². The minimum Gasteiger partial charge on any atom is -0.465 e. The molecule has 3 nitrogen and oxygen atoms in total. The third-order valence-electron chi connectivity index (χ3n) is 2.21. The summed E-state index contributed by atoms with van der Waals surface area (Å²) in [5, 5.41) is 2.04. The molecule has 0 spiro atoms. The van der Waals surface area contributed by atoms with E-state index in [4.69, 9.17) is 4.74 Å². The number of carbonyl (C=O) groups is 1. The molecule has 17 heavy (non-hydrogen) atoms. The van der Waals surface area contributed by atoms with E-state index in [0.29, 0.717) is 13.2 Å². The molecule has 1 rings (SSSR count). The van der Waals surface area contributed by atoms with Gasteiger partial charge in [0.2, 0.25) is 0 Å². The molecule has 0 saturated carbocycles. The fourth-order valence-corrected chi connectivity index (χ4v) is 2.89. The molecule has 0 radical (unpaired) electrons. The first kappa shape index (κ1) is 14.7. The second kappa shape index (κ2) is 7.84. The zero-order valence-corrected chi connectivity index (χ0v) is 12.6. The lowest BCUT2D eigenvalue weighted by Crippen LogP contribution is -2.26. The Kier molecular flexibility index (Phi) is 6.77. The van der Waals surface area contributed by atoms with Crippen molar-refractivity contribution in [3.8, 4) is 0 Å². The van der Waals surface area contributed by atoms with Crippen molar-refractivity contribution in [3.05, 3.63) is 20.8 Å². The number of esters is 1. The molecule has 0 atom stereocenters. The van der Waals surface area contributed by atoms with Crippen molar-refractivity contribution in [2.24, 2.45) is 0 Å². The third-order valence-corrected chi connectivity index (χ3v) is 3.89. The summed E-state index contributed by atoms with van der Waals surface area (Å²) in [7, 11) is 1.93. The lowest BCUT2D eigenvalue weighted by Gasteiger charge is -2.14. The molecule has 0 amide bonds. The lowest BCUT2D eigenvalue weighted by atomic mass is 10.4. The molecule has 0 bridgehead atoms. The van der Waals surface area contributed by atoms with Crippen LogP contribution < -0.4 is 0 Å². The van der Waals surface area contributed by atoms with Gasteiger partial charge in [0.1, 0.15) is 0 Å². The maximum atomic E-state index is 11.5. The number of hydrogen-bond donors (Lipinski definition) is 0. The highest BCUT2D eigenvalue weighted by molar-refractivity contribution is 9.10. The Balaban J connectivity index is 2.24. The van der Waals surface area contributed by atoms with E-state index in [1.54, 1.807) is 11.3 Å². The summed E-state index contributed by atoms with van der Waals surface area (Å²) in [5.74, 6) is -0.142. The van der Waals surface area contributed by atoms with Crippen molar-refractivity contribution in [2.75, 3.05) is 20.2 Å². The molecular weight excluding hydrogens is 302 g/mol. The fourth-order valence-electron chi connectivity index (χ4n) is 1.36. The molecule has 0 aliphatic rings. The van der Waals surface area contributed by atoms with E-state index < -0.39 is 0 Å². The SMILES string of the molecule is CCCCOC(=O)CN(C)Cc1cc(Br)cs1. The van der Waals surface area contributed by atoms with E-state index in [1.807, 2.05) is 17.3 Å². The van der Waals surface area contributed by atoms with Crippen molar-refractivity contribution < 1.29 is 9.53 Å². The summed E-state index contributed by atoms with van der Waals surface area (Å²) >= 11 is 5.10. The van der Waals surface area contributed by atoms with Crippen LogP contribution in [0.2, 0.25) is 0 Å². The highest BCUT2D eigenvalue weighted by Crippen LogP contribution is 2.20. The van der Waals surface area contributed by atoms with Gasteiger partial charge in [0.05, 0.1) is 13.2 Å². The highest BCUT2D eigenvalue weighted by Gasteiger charge is 2.09. The van der Waals surface area contributed by atoms with E-state index in [9.17, 15) is 4.79 Å². The van der Waals surface area contributed by atoms with Crippen LogP contribution in [0, 0.1) is 0 Å². The fraction of sp³-hybridized carbons (Fsp3) is 0.583. The van der Waals surface area contributed by atoms with Crippen molar-refractivity contribution in [3.63, 3.8) is 0 Å². The van der Waals surface area contributed by atoms with Crippen LogP contribution in [0.15, 0.2) is 15.9 Å². The van der Waals surface area contributed by atoms with Crippen LogP contribution in [0.4, 0.5) is 0 Å². The lowest BCUT2D eigenvalue weighted by molar-refractivity contribution is -0.144. The maximum absolute atomic E-state index is 11.5. The molecular formula is C12H18BrNO2S. The number of ether oxygens (including phenoxy) is 1. The smallest absolute Gasteiger partial charge is 0.320 e. The molecule has 1 aromatic heterocycles. The molecule has 0 aliphatic heterocycles. The Morgan fingerprint density at radius 2 is 2.35 bits per heavy atom. The third kappa shape index (κ3) is 6.19. The van der Waals surface area contributed by atoms with E-state index in [0.717, 1.165) is 23.9 Å². The van der Waals surface area contributed by atoms with Crippen LogP contribution in [0.5, 0.6) is 0 Å². The molecule has 1 aromatic rings. The second-order valence-electron chi connectivity index (χ2n) is 3.98. The Labute approximate surface area is 115 Å². The van der Waals surface area contributed by atoms with Crippen LogP contribution in [0.25, 0.3) is 0 Å². The number of rotatable bonds is 7. The number of thiophene rings is 1. The van der Waals surface area contributed by atoms with Gasteiger partial charge in [-0.2, -0.15) is 0 Å². The van der Waals surface area contributed by atoms with Gasteiger partial charge in [0, 0.05) is 21.3 Å². The standard InChI is InChI=1S/C12H18BrNO2S/c1-3-4-5-16-12(15)8-14(2)7-11-6-10(13)9-17-11/h6,9H,3-5,7-8H2,1-2H3. The molecule has 0 aromatic carbocycles. The van der Waals surface area contributed by atoms with E-state index in [2.05, 4.69) is 28.9 Å². The number of nitrogens with zero attached hydrogens (tertiary/aromatic N) is 1. The molecule has 0 unspecified atom stereocenters. The molecule has 0 fully saturated rings. The average Bonchev–Trinajstić information content (AvgIpc) is 2.64. The summed E-state index contributed by atoms with van der Waals surface area (Å²) in [5.41, 5.74) is 0. The minimum absolute atomic E-state index is 0.142. The first-order chi connectivity index (χ1) is 8.11. The number of hydrogen-bond acceptors (Lipinski definition) is 4. The molecule has 0 saturated heterocycles. The van der Waals surface area contributed by atoms with Crippen molar-refractivity contribution in [1.82, 2.24) is 4.90 Å². The Morgan fingerprint density at radius 3 is 2.94 bits per heavy atom. The van der Waals surface area contributed by atoms with Crippen LogP contribution in [-0.2, 0) is 16.1 Å². The first-order valence-electron chi connectivity index (χ1n) is 5.69. The zero-order chi connectivity index (χ0) is 12.7. The minimum atomic E-state index is -0.142. The predicted molar refractivity (Wildman–Crippen MR) is 74.2 cm³/mol. The summed E-state index contributed by atoms with van der Waals surface area (Å²) in [6.45, 7) is 3.74. The Morgan fingerprint density at radius 1 is 1.59 bits per heavy atom. The van der Waals surface area contributed by atoms with Crippen LogP contribution in [0.3, 0.4) is 0 Å². The summed E-state index contributed by atoms with van der Waals surface area (Å²) in [4.78, 5) is 14.7. The zero-order valence-electron chi connectivity index (χ0n) is 10.2. The maximum Gasteiger partial charge on any atom is 0.320 e. The average molecular weight is 320 g/mol. The molecule has 5 heteroatoms. The number of halogens is 1. The topological polar surface area (TPSA) is 29.5 Å². The van der Waals surface area contributed by atoms with Crippen molar-refractivity contribution in [2.45, 2.75) is 26.3 Å². The van der Waals surface area contributed by atoms with Gasteiger partial charge in [-0.05, 0) is 35.5 Å². The normalized spacial score (nSPS) is 10.8. The molecule has 0 aliphatic carbocycles. The highest BCUT2D eigenvalue weighted by atomic mass is 79.9. The van der Waals surface area contributed by atoms with Gasteiger partial charge in [0.25, 0.3) is 0 Å². The van der Waals surface area contributed by atoms with Crippen LogP contribution in [0.1, 0.15) is 24.6 Å². The van der Waals surface area contributed by atoms with Crippen molar-refractivity contribution >= 4 is 33.2 Å². The molecule has 1 heterocycles. The molecule has 96 valence electrons. The van der Waals surface area contributed by atoms with Gasteiger partial charge in [-0.3, -0.25) is 9.69 Å². The van der Waals surface area contributed by atoms with Gasteiger partial charge >= 0.3 is 5.97 Å². The summed E-state index contributed by atoms with van der Waals surface area (Å²) in [6.07, 6.45) is 1.99. The Hall–Kier alpha value is -0.390. The number of unbranched alkanes of at least 4 members (excludes halogenated alkanes) is 1.